The zero-order chi connectivity index (χ0) is 33.9. The average molecular weight is 1020 g/mol. The molecule has 3 N–H and O–H groups in total. The number of benzene rings is 5. The molecular formula is C38H32Br2HgNa2O6Si. The van der Waals surface area contributed by atoms with Crippen LogP contribution in [0.4, 0.5) is 0 Å². The number of unbranched alkanes of at least 4 members (excludes halogenated alkanes) is 2. The summed E-state index contributed by atoms with van der Waals surface area (Å²) >= 11 is 3.88. The third-order valence-electron chi connectivity index (χ3n) is 8.58. The summed E-state index contributed by atoms with van der Waals surface area (Å²) in [6, 6.07) is 29.1. The number of aromatic carboxylic acids is 1. The molecule has 12 heteroatoms. The molecule has 7 rings (SSSR count). The first-order chi connectivity index (χ1) is 23.2. The molecule has 0 fully saturated rings. The van der Waals surface area contributed by atoms with Gasteiger partial charge in [0.1, 0.15) is 0 Å². The summed E-state index contributed by atoms with van der Waals surface area (Å²) in [6.45, 7) is 2.28. The van der Waals surface area contributed by atoms with Gasteiger partial charge >= 0.3 is 254 Å². The van der Waals surface area contributed by atoms with Crippen molar-refractivity contribution >= 4 is 141 Å². The Hall–Kier alpha value is -1.22. The average Bonchev–Trinajstić information content (AvgIpc) is 3.09. The second kappa shape index (κ2) is 18.7. The standard InChI is InChI=1S/C20H9Br2O5.C18H20Si.Hg.2Na.H2O.2H/c21-13-5-11-17(7-15(13)23)27-18-8-16(24)14(22)6-12(18)19(11)9-3-1-2-4-10(9)20(25)26;1-2-3-4-9-14-15-10-5-7-12-17(15)19-18-13-8-6-11-16(14)18;;;;;;/h1-7,24H,(H,25,26);5-8,10-13,19H,2-4,9H2,1H3;;;;1H2;;/q;;+1;;;;;/p-1. The summed E-state index contributed by atoms with van der Waals surface area (Å²) in [6.07, 6.45) is 5.16. The zero-order valence-electron chi connectivity index (χ0n) is 26.1. The van der Waals surface area contributed by atoms with E-state index in [9.17, 15) is 22.8 Å². The van der Waals surface area contributed by atoms with E-state index in [1.54, 1.807) is 45.9 Å². The third-order valence-corrected chi connectivity index (χ3v) is 15.2. The van der Waals surface area contributed by atoms with Gasteiger partial charge in [-0.25, -0.2) is 0 Å². The quantitative estimate of drug-likeness (QED) is 0.0863. The van der Waals surface area contributed by atoms with Gasteiger partial charge in [-0.3, -0.25) is 0 Å². The van der Waals surface area contributed by atoms with Crippen molar-refractivity contribution in [2.75, 3.05) is 0 Å². The van der Waals surface area contributed by atoms with Gasteiger partial charge in [0.25, 0.3) is 0 Å². The van der Waals surface area contributed by atoms with Crippen LogP contribution < -0.4 is 8.50 Å². The van der Waals surface area contributed by atoms with Crippen LogP contribution in [0.15, 0.2) is 109 Å². The molecule has 1 aromatic heterocycles. The molecule has 4 aromatic carbocycles. The van der Waals surface area contributed by atoms with Crippen LogP contribution in [-0.2, 0) is 31.5 Å². The number of aromatic hydroxyl groups is 1. The predicted molar refractivity (Wildman–Crippen MR) is 212 cm³/mol. The molecule has 0 unspecified atom stereocenters. The maximum atomic E-state index is 12.2. The molecule has 0 saturated heterocycles. The molecule has 0 atom stereocenters. The Morgan fingerprint density at radius 3 is 2.06 bits per heavy atom. The monoisotopic (exact) mass is 1020 g/mol. The van der Waals surface area contributed by atoms with Gasteiger partial charge < -0.3 is 0 Å². The number of carboxylic acid groups (broad SMARTS) is 1. The van der Waals surface area contributed by atoms with E-state index in [4.69, 9.17) is 4.42 Å². The van der Waals surface area contributed by atoms with Gasteiger partial charge in [0, 0.05) is 9.12 Å². The number of halogens is 2. The van der Waals surface area contributed by atoms with Crippen molar-refractivity contribution in [3.05, 3.63) is 121 Å². The molecular weight excluding hydrogens is 987 g/mol. The van der Waals surface area contributed by atoms with Crippen molar-refractivity contribution in [3.8, 4) is 28.2 Å². The number of aryl methyl sites for hydroxylation is 1. The SMILES string of the molecule is CCCCCc1c2ccccc2[siH]c2ccccc12.O=C(O)c1ccccc1-c1c2cc(Br)c(=O)cc-2oc2[c]([Hg][OH])c(O)c(Br)cc12.[NaH].[NaH]. The van der Waals surface area contributed by atoms with Gasteiger partial charge in [-0.15, -0.1) is 0 Å². The maximum absolute atomic E-state index is 12.2. The number of phenols is 1. The number of hydrogen-bond donors (Lipinski definition) is 3. The Kier molecular flexibility index (Phi) is 15.5. The van der Waals surface area contributed by atoms with Crippen LogP contribution in [0.5, 0.6) is 5.75 Å². The zero-order valence-corrected chi connectivity index (χ0v) is 35.9. The number of rotatable bonds is 7. The summed E-state index contributed by atoms with van der Waals surface area (Å²) in [5.74, 6) is -0.949. The fourth-order valence-corrected chi connectivity index (χ4v) is 12.6. The number of fused-ring (bicyclic) bond motifs is 4. The number of hydrogen-bond acceptors (Lipinski definition) is 5. The van der Waals surface area contributed by atoms with Gasteiger partial charge in [-0.1, -0.05) is 68.3 Å². The predicted octanol–water partition coefficient (Wildman–Crippen LogP) is 7.61. The molecule has 0 bridgehead atoms. The number of carbonyl (C=O) groups is 1. The van der Waals surface area contributed by atoms with Crippen LogP contribution in [0.3, 0.4) is 0 Å². The van der Waals surface area contributed by atoms with E-state index in [0.717, 1.165) is 0 Å². The van der Waals surface area contributed by atoms with E-state index in [0.29, 0.717) is 34.1 Å². The Bertz CT molecular complexity index is 2310. The summed E-state index contributed by atoms with van der Waals surface area (Å²) in [7, 11) is 0.269. The first-order valence-corrected chi connectivity index (χ1v) is 23.6. The molecule has 50 heavy (non-hydrogen) atoms. The number of carboxylic acids is 1. The molecule has 0 amide bonds. The molecule has 1 aliphatic carbocycles. The van der Waals surface area contributed by atoms with Crippen LogP contribution in [0.2, 0.25) is 0 Å². The van der Waals surface area contributed by atoms with Crippen molar-refractivity contribution in [1.82, 2.24) is 0 Å². The Balaban J connectivity index is 0.000000233. The van der Waals surface area contributed by atoms with Crippen LogP contribution in [-0.4, -0.2) is 87.4 Å². The molecule has 6 nitrogen and oxygen atoms in total. The van der Waals surface area contributed by atoms with Crippen LogP contribution >= 0.6 is 31.9 Å². The van der Waals surface area contributed by atoms with E-state index in [2.05, 4.69) is 87.3 Å². The third kappa shape index (κ3) is 8.60. The number of phenolic OH excluding ortho intramolecular Hbond substituents is 1. The van der Waals surface area contributed by atoms with Crippen molar-refractivity contribution in [1.29, 1.82) is 0 Å². The molecule has 0 spiro atoms. The molecule has 0 radical (unpaired) electrons. The minimum atomic E-state index is -2.67. The molecule has 242 valence electrons. The fraction of sp³-hybridized carbons (Fsp3) is 0.132. The van der Waals surface area contributed by atoms with Crippen molar-refractivity contribution in [2.24, 2.45) is 0 Å². The second-order valence-corrected chi connectivity index (χ2v) is 18.8. The van der Waals surface area contributed by atoms with Crippen molar-refractivity contribution in [2.45, 2.75) is 32.6 Å². The van der Waals surface area contributed by atoms with Crippen molar-refractivity contribution < 1.29 is 47.5 Å². The van der Waals surface area contributed by atoms with Gasteiger partial charge in [0.2, 0.25) is 0 Å². The van der Waals surface area contributed by atoms with E-state index in [1.807, 2.05) is 0 Å². The summed E-state index contributed by atoms with van der Waals surface area (Å²) in [5, 5.41) is 23.7. The summed E-state index contributed by atoms with van der Waals surface area (Å²) < 4.78 is 17.0. The van der Waals surface area contributed by atoms with Gasteiger partial charge in [-0.2, -0.15) is 0 Å². The molecule has 5 aromatic rings. The van der Waals surface area contributed by atoms with Crippen LogP contribution in [0.25, 0.3) is 54.2 Å². The summed E-state index contributed by atoms with van der Waals surface area (Å²) in [4.78, 5) is 27.2. The fourth-order valence-electron chi connectivity index (χ4n) is 6.30. The van der Waals surface area contributed by atoms with Crippen LogP contribution in [0, 0.1) is 0 Å². The molecule has 0 saturated carbocycles. The first kappa shape index (κ1) is 41.5. The van der Waals surface area contributed by atoms with Gasteiger partial charge in [0.05, 0.1) is 0 Å². The van der Waals surface area contributed by atoms with E-state index >= 15 is 0 Å². The van der Waals surface area contributed by atoms with Gasteiger partial charge in [0.15, 0.2) is 0 Å². The molecule has 1 aliphatic heterocycles. The van der Waals surface area contributed by atoms with E-state index in [1.165, 1.54) is 48.6 Å². The van der Waals surface area contributed by atoms with E-state index in [-0.39, 0.29) is 96.3 Å². The van der Waals surface area contributed by atoms with Crippen LogP contribution in [0.1, 0.15) is 42.1 Å². The van der Waals surface area contributed by atoms with Gasteiger partial charge in [-0.05, 0) is 39.2 Å². The summed E-state index contributed by atoms with van der Waals surface area (Å²) in [5.41, 5.74) is 3.16. The van der Waals surface area contributed by atoms with Crippen molar-refractivity contribution in [3.63, 3.8) is 0 Å². The normalized spacial score (nSPS) is 10.6. The van der Waals surface area contributed by atoms with E-state index < -0.39 is 31.0 Å². The first-order valence-electron chi connectivity index (χ1n) is 15.7. The molecule has 2 aliphatic rings. The molecule has 2 heterocycles. The Labute approximate surface area is 365 Å². The topological polar surface area (TPSA) is 108 Å². The minimum absolute atomic E-state index is 0. The second-order valence-electron chi connectivity index (χ2n) is 11.6. The Morgan fingerprint density at radius 1 is 0.820 bits per heavy atom. The Morgan fingerprint density at radius 2 is 1.44 bits per heavy atom.